The lowest BCUT2D eigenvalue weighted by molar-refractivity contribution is -0.147. The van der Waals surface area contributed by atoms with E-state index in [1.807, 2.05) is 0 Å². The summed E-state index contributed by atoms with van der Waals surface area (Å²) in [5.74, 6) is -0.501. The van der Waals surface area contributed by atoms with Gasteiger partial charge in [-0.05, 0) is 12.8 Å². The van der Waals surface area contributed by atoms with Gasteiger partial charge in [0, 0.05) is 19.4 Å². The fraction of sp³-hybridized carbons (Fsp3) is 0.956. The first kappa shape index (κ1) is 54.0. The van der Waals surface area contributed by atoms with Crippen LogP contribution < -0.4 is 5.32 Å². The highest BCUT2D eigenvalue weighted by molar-refractivity contribution is 7.47. The first-order valence-corrected chi connectivity index (χ1v) is 25.0. The van der Waals surface area contributed by atoms with E-state index in [9.17, 15) is 24.2 Å². The number of ether oxygens (including phenoxy) is 1. The maximum atomic E-state index is 12.1. The third-order valence-corrected chi connectivity index (χ3v) is 11.5. The van der Waals surface area contributed by atoms with Crippen molar-refractivity contribution in [1.82, 2.24) is 5.32 Å². The van der Waals surface area contributed by atoms with E-state index in [2.05, 4.69) is 19.2 Å². The standard InChI is InChI=1S/C45H90NO8P/c1-3-5-7-9-11-13-15-17-19-20-21-22-24-26-28-30-32-34-36-38-45(49)52-41-43(47)42-54-55(50,51)53-40-39-46-44(48)37-35-33-31-29-27-25-23-18-16-14-12-10-8-6-4-2/h43,47H,3-42H2,1-2H3,(H,46,48)(H,50,51). The summed E-state index contributed by atoms with van der Waals surface area (Å²) in [4.78, 5) is 33.9. The molecule has 0 aliphatic carbocycles. The van der Waals surface area contributed by atoms with Gasteiger partial charge in [0.15, 0.2) is 0 Å². The predicted octanol–water partition coefficient (Wildman–Crippen LogP) is 13.2. The molecular weight excluding hydrogens is 713 g/mol. The maximum absolute atomic E-state index is 12.1. The Balaban J connectivity index is 3.53. The zero-order valence-corrected chi connectivity index (χ0v) is 37.0. The highest BCUT2D eigenvalue weighted by Gasteiger charge is 2.23. The van der Waals surface area contributed by atoms with Crippen molar-refractivity contribution in [3.63, 3.8) is 0 Å². The highest BCUT2D eigenvalue weighted by Crippen LogP contribution is 2.42. The largest absolute Gasteiger partial charge is 0.472 e. The molecule has 9 nitrogen and oxygen atoms in total. The van der Waals surface area contributed by atoms with Crippen LogP contribution >= 0.6 is 7.82 Å². The Bertz CT molecular complexity index is 876. The molecule has 0 aromatic rings. The van der Waals surface area contributed by atoms with E-state index in [0.29, 0.717) is 12.8 Å². The molecule has 0 aliphatic heterocycles. The van der Waals surface area contributed by atoms with Crippen LogP contribution in [0.15, 0.2) is 0 Å². The second kappa shape index (κ2) is 42.6. The van der Waals surface area contributed by atoms with E-state index in [1.165, 1.54) is 180 Å². The quantitative estimate of drug-likeness (QED) is 0.0315. The van der Waals surface area contributed by atoms with Crippen LogP contribution in [-0.2, 0) is 27.9 Å². The van der Waals surface area contributed by atoms with E-state index < -0.39 is 26.5 Å². The molecule has 2 atom stereocenters. The molecule has 0 spiro atoms. The number of hydrogen-bond acceptors (Lipinski definition) is 7. The Morgan fingerprint density at radius 3 is 1.18 bits per heavy atom. The van der Waals surface area contributed by atoms with Crippen LogP contribution in [-0.4, -0.2) is 54.3 Å². The minimum Gasteiger partial charge on any atom is -0.463 e. The Morgan fingerprint density at radius 1 is 0.491 bits per heavy atom. The number of amides is 1. The minimum atomic E-state index is -4.41. The van der Waals surface area contributed by atoms with Crippen molar-refractivity contribution in [3.8, 4) is 0 Å². The number of carbonyl (C=O) groups is 2. The number of aliphatic hydroxyl groups is 1. The average molecular weight is 804 g/mol. The third-order valence-electron chi connectivity index (χ3n) is 10.5. The van der Waals surface area contributed by atoms with Crippen LogP contribution in [0.4, 0.5) is 0 Å². The molecule has 0 fully saturated rings. The van der Waals surface area contributed by atoms with Gasteiger partial charge in [0.05, 0.1) is 13.2 Å². The van der Waals surface area contributed by atoms with E-state index in [0.717, 1.165) is 38.5 Å². The van der Waals surface area contributed by atoms with Crippen molar-refractivity contribution in [3.05, 3.63) is 0 Å². The molecule has 55 heavy (non-hydrogen) atoms. The van der Waals surface area contributed by atoms with Gasteiger partial charge in [-0.2, -0.15) is 0 Å². The first-order chi connectivity index (χ1) is 26.8. The molecule has 0 heterocycles. The van der Waals surface area contributed by atoms with Gasteiger partial charge in [0.2, 0.25) is 5.91 Å². The fourth-order valence-corrected chi connectivity index (χ4v) is 7.73. The number of aliphatic hydroxyl groups excluding tert-OH is 1. The lowest BCUT2D eigenvalue weighted by Gasteiger charge is -2.15. The normalized spacial score (nSPS) is 13.2. The van der Waals surface area contributed by atoms with Crippen LogP contribution in [0.2, 0.25) is 0 Å². The van der Waals surface area contributed by atoms with Gasteiger partial charge < -0.3 is 20.1 Å². The summed E-state index contributed by atoms with van der Waals surface area (Å²) in [6.45, 7) is 3.61. The molecule has 0 aliphatic rings. The number of esters is 1. The number of unbranched alkanes of at least 4 members (excludes halogenated alkanes) is 32. The second-order valence-electron chi connectivity index (χ2n) is 16.1. The summed E-state index contributed by atoms with van der Waals surface area (Å²) in [6.07, 6.45) is 43.2. The Hall–Kier alpha value is -0.990. The Kier molecular flexibility index (Phi) is 41.8. The van der Waals surface area contributed by atoms with E-state index in [1.54, 1.807) is 0 Å². The van der Waals surface area contributed by atoms with E-state index >= 15 is 0 Å². The summed E-state index contributed by atoms with van der Waals surface area (Å²) in [7, 11) is -4.41. The summed E-state index contributed by atoms with van der Waals surface area (Å²) in [5.41, 5.74) is 0. The smallest absolute Gasteiger partial charge is 0.463 e. The van der Waals surface area contributed by atoms with Crippen LogP contribution in [0, 0.1) is 0 Å². The molecule has 0 rings (SSSR count). The molecular formula is C45H90NO8P. The van der Waals surface area contributed by atoms with E-state index in [-0.39, 0.29) is 25.7 Å². The molecule has 2 unspecified atom stereocenters. The van der Waals surface area contributed by atoms with Crippen LogP contribution in [0.25, 0.3) is 0 Å². The van der Waals surface area contributed by atoms with Gasteiger partial charge in [-0.15, -0.1) is 0 Å². The zero-order chi connectivity index (χ0) is 40.3. The molecule has 10 heteroatoms. The molecule has 0 bridgehead atoms. The van der Waals surface area contributed by atoms with Crippen molar-refractivity contribution in [2.75, 3.05) is 26.4 Å². The fourth-order valence-electron chi connectivity index (χ4n) is 6.97. The molecule has 328 valence electrons. The van der Waals surface area contributed by atoms with Gasteiger partial charge in [-0.1, -0.05) is 219 Å². The molecule has 1 amide bonds. The number of nitrogens with one attached hydrogen (secondary N) is 1. The monoisotopic (exact) mass is 804 g/mol. The summed E-state index contributed by atoms with van der Waals surface area (Å²) in [6, 6.07) is 0. The molecule has 0 radical (unpaired) electrons. The lowest BCUT2D eigenvalue weighted by Crippen LogP contribution is -2.27. The second-order valence-corrected chi connectivity index (χ2v) is 17.6. The maximum Gasteiger partial charge on any atom is 0.472 e. The SMILES string of the molecule is CCCCCCCCCCCCCCCCCCCCCC(=O)OCC(O)COP(=O)(O)OCCNC(=O)CCCCCCCCCCCCCCCCC. The van der Waals surface area contributed by atoms with Crippen LogP contribution in [0.3, 0.4) is 0 Å². The number of rotatable bonds is 45. The van der Waals surface area contributed by atoms with Gasteiger partial charge in [-0.25, -0.2) is 4.57 Å². The lowest BCUT2D eigenvalue weighted by atomic mass is 10.0. The molecule has 0 aromatic heterocycles. The average Bonchev–Trinajstić information content (AvgIpc) is 3.17. The van der Waals surface area contributed by atoms with Crippen molar-refractivity contribution in [1.29, 1.82) is 0 Å². The minimum absolute atomic E-state index is 0.0884. The predicted molar refractivity (Wildman–Crippen MR) is 229 cm³/mol. The summed E-state index contributed by atoms with van der Waals surface area (Å²) in [5, 5.41) is 12.7. The van der Waals surface area contributed by atoms with Gasteiger partial charge in [-0.3, -0.25) is 18.6 Å². The number of phosphoric ester groups is 1. The van der Waals surface area contributed by atoms with Gasteiger partial charge in [0.25, 0.3) is 0 Å². The topological polar surface area (TPSA) is 131 Å². The summed E-state index contributed by atoms with van der Waals surface area (Å²) >= 11 is 0. The van der Waals surface area contributed by atoms with Crippen molar-refractivity contribution in [2.24, 2.45) is 0 Å². The van der Waals surface area contributed by atoms with E-state index in [4.69, 9.17) is 13.8 Å². The molecule has 3 N–H and O–H groups in total. The third kappa shape index (κ3) is 44.0. The number of phosphoric acid groups is 1. The van der Waals surface area contributed by atoms with Gasteiger partial charge in [0.1, 0.15) is 12.7 Å². The first-order valence-electron chi connectivity index (χ1n) is 23.5. The van der Waals surface area contributed by atoms with Crippen LogP contribution in [0.5, 0.6) is 0 Å². The summed E-state index contributed by atoms with van der Waals surface area (Å²) < 4.78 is 26.9. The number of carbonyl (C=O) groups excluding carboxylic acids is 2. The Morgan fingerprint density at radius 2 is 0.818 bits per heavy atom. The number of hydrogen-bond donors (Lipinski definition) is 3. The zero-order valence-electron chi connectivity index (χ0n) is 36.2. The Labute approximate surface area is 339 Å². The molecule has 0 saturated carbocycles. The van der Waals surface area contributed by atoms with Crippen molar-refractivity contribution >= 4 is 19.7 Å². The molecule has 0 aromatic carbocycles. The van der Waals surface area contributed by atoms with Crippen molar-refractivity contribution in [2.45, 2.75) is 251 Å². The molecule has 0 saturated heterocycles. The highest BCUT2D eigenvalue weighted by atomic mass is 31.2. The van der Waals surface area contributed by atoms with Crippen molar-refractivity contribution < 1.29 is 37.9 Å². The van der Waals surface area contributed by atoms with Gasteiger partial charge >= 0.3 is 13.8 Å². The van der Waals surface area contributed by atoms with Crippen LogP contribution in [0.1, 0.15) is 245 Å².